The van der Waals surface area contributed by atoms with Gasteiger partial charge >= 0.3 is 5.97 Å². The Labute approximate surface area is 145 Å². The van der Waals surface area contributed by atoms with E-state index in [1.54, 1.807) is 0 Å². The number of carbonyl (C=O) groups excluding carboxylic acids is 1. The molecule has 3 aliphatic rings. The summed E-state index contributed by atoms with van der Waals surface area (Å²) in [4.78, 5) is 12.3. The van der Waals surface area contributed by atoms with Gasteiger partial charge in [-0.1, -0.05) is 26.8 Å². The largest absolute Gasteiger partial charge is 0.458 e. The zero-order valence-electron chi connectivity index (χ0n) is 15.3. The van der Waals surface area contributed by atoms with E-state index in [1.165, 1.54) is 0 Å². The lowest BCUT2D eigenvalue weighted by molar-refractivity contribution is -0.148. The van der Waals surface area contributed by atoms with Crippen LogP contribution in [-0.2, 0) is 9.53 Å². The molecule has 2 N–H and O–H groups in total. The van der Waals surface area contributed by atoms with E-state index in [1.807, 2.05) is 0 Å². The van der Waals surface area contributed by atoms with Crippen molar-refractivity contribution in [2.24, 2.45) is 28.6 Å². The highest BCUT2D eigenvalue weighted by Crippen LogP contribution is 2.65. The SMILES string of the molecule is C[C@@H]1C[C@H]2OC(=O)C3=CCC[C@H]([C@@]1(C)CC[C@@H](CO)CCO)[C@]32C. The van der Waals surface area contributed by atoms with Gasteiger partial charge in [0, 0.05) is 24.2 Å². The predicted molar refractivity (Wildman–Crippen MR) is 92.2 cm³/mol. The van der Waals surface area contributed by atoms with Crippen molar-refractivity contribution in [1.29, 1.82) is 0 Å². The van der Waals surface area contributed by atoms with Crippen LogP contribution >= 0.6 is 0 Å². The summed E-state index contributed by atoms with van der Waals surface area (Å²) in [5, 5.41) is 18.7. The van der Waals surface area contributed by atoms with Crippen LogP contribution < -0.4 is 0 Å². The Kier molecular flexibility index (Phi) is 4.82. The summed E-state index contributed by atoms with van der Waals surface area (Å²) in [7, 11) is 0. The van der Waals surface area contributed by atoms with Gasteiger partial charge in [0.25, 0.3) is 0 Å². The van der Waals surface area contributed by atoms with Crippen LogP contribution in [0, 0.1) is 28.6 Å². The van der Waals surface area contributed by atoms with Crippen LogP contribution in [0.1, 0.15) is 59.3 Å². The van der Waals surface area contributed by atoms with Crippen molar-refractivity contribution >= 4 is 5.97 Å². The highest BCUT2D eigenvalue weighted by molar-refractivity contribution is 5.93. The summed E-state index contributed by atoms with van der Waals surface area (Å²) in [5.74, 6) is 1.000. The van der Waals surface area contributed by atoms with Crippen molar-refractivity contribution < 1.29 is 19.7 Å². The van der Waals surface area contributed by atoms with Crippen LogP contribution in [0.4, 0.5) is 0 Å². The molecular weight excluding hydrogens is 304 g/mol. The molecule has 0 amide bonds. The first-order valence-electron chi connectivity index (χ1n) is 9.51. The van der Waals surface area contributed by atoms with Gasteiger partial charge in [-0.15, -0.1) is 0 Å². The van der Waals surface area contributed by atoms with Crippen molar-refractivity contribution in [3.63, 3.8) is 0 Å². The zero-order chi connectivity index (χ0) is 17.5. The molecule has 6 atom stereocenters. The Bertz CT molecular complexity index is 528. The number of hydrogen-bond acceptors (Lipinski definition) is 4. The minimum absolute atomic E-state index is 0.0238. The third-order valence-electron chi connectivity index (χ3n) is 7.62. The molecule has 0 aromatic heterocycles. The third kappa shape index (κ3) is 2.53. The average Bonchev–Trinajstić information content (AvgIpc) is 2.80. The first-order valence-corrected chi connectivity index (χ1v) is 9.51. The average molecular weight is 336 g/mol. The van der Waals surface area contributed by atoms with Gasteiger partial charge in [0.15, 0.2) is 0 Å². The topological polar surface area (TPSA) is 66.8 Å². The number of aliphatic hydroxyl groups is 2. The van der Waals surface area contributed by atoms with Gasteiger partial charge in [-0.2, -0.15) is 0 Å². The van der Waals surface area contributed by atoms with Crippen LogP contribution in [0.25, 0.3) is 0 Å². The van der Waals surface area contributed by atoms with Crippen LogP contribution in [-0.4, -0.2) is 35.5 Å². The molecule has 1 heterocycles. The maximum absolute atomic E-state index is 12.3. The number of aliphatic hydroxyl groups excluding tert-OH is 2. The third-order valence-corrected chi connectivity index (χ3v) is 7.62. The van der Waals surface area contributed by atoms with Crippen LogP contribution in [0.15, 0.2) is 11.6 Å². The number of hydrogen-bond donors (Lipinski definition) is 2. The van der Waals surface area contributed by atoms with Crippen molar-refractivity contribution in [2.75, 3.05) is 13.2 Å². The van der Waals surface area contributed by atoms with E-state index in [-0.39, 0.29) is 42.0 Å². The quantitative estimate of drug-likeness (QED) is 0.732. The number of allylic oxidation sites excluding steroid dienone is 1. The minimum Gasteiger partial charge on any atom is -0.458 e. The van der Waals surface area contributed by atoms with E-state index in [0.29, 0.717) is 18.3 Å². The first kappa shape index (κ1) is 17.9. The summed E-state index contributed by atoms with van der Waals surface area (Å²) >= 11 is 0. The molecule has 0 unspecified atom stereocenters. The summed E-state index contributed by atoms with van der Waals surface area (Å²) in [6.45, 7) is 7.19. The number of ether oxygens (including phenoxy) is 1. The van der Waals surface area contributed by atoms with Crippen molar-refractivity contribution in [3.8, 4) is 0 Å². The Balaban J connectivity index is 1.86. The molecule has 4 heteroatoms. The van der Waals surface area contributed by atoms with Gasteiger partial charge in [0.2, 0.25) is 0 Å². The standard InChI is InChI=1S/C20H32O4/c1-13-11-17-20(3)15(18(23)24-17)5-4-6-16(20)19(13,2)9-7-14(12-22)8-10-21/h5,13-14,16-17,21-22H,4,6-12H2,1-3H3/t13-,14-,16-,17-,19+,20+/m1/s1. The van der Waals surface area contributed by atoms with Gasteiger partial charge in [-0.25, -0.2) is 4.79 Å². The molecule has 1 saturated heterocycles. The number of rotatable bonds is 6. The summed E-state index contributed by atoms with van der Waals surface area (Å²) in [6, 6.07) is 0. The molecule has 0 aromatic rings. The molecule has 0 bridgehead atoms. The molecule has 2 aliphatic carbocycles. The Hall–Kier alpha value is -0.870. The first-order chi connectivity index (χ1) is 11.4. The Morgan fingerprint density at radius 1 is 1.33 bits per heavy atom. The fraction of sp³-hybridized carbons (Fsp3) is 0.850. The Morgan fingerprint density at radius 3 is 2.75 bits per heavy atom. The molecule has 0 radical (unpaired) electrons. The van der Waals surface area contributed by atoms with Gasteiger partial charge in [-0.05, 0) is 61.7 Å². The van der Waals surface area contributed by atoms with Gasteiger partial charge in [-0.3, -0.25) is 0 Å². The lowest BCUT2D eigenvalue weighted by Gasteiger charge is -2.57. The highest BCUT2D eigenvalue weighted by Gasteiger charge is 2.64. The van der Waals surface area contributed by atoms with Gasteiger partial charge in [0.1, 0.15) is 6.10 Å². The van der Waals surface area contributed by atoms with E-state index in [0.717, 1.165) is 37.7 Å². The maximum atomic E-state index is 12.3. The van der Waals surface area contributed by atoms with Crippen molar-refractivity contribution in [3.05, 3.63) is 11.6 Å². The van der Waals surface area contributed by atoms with E-state index in [9.17, 15) is 15.0 Å². The monoisotopic (exact) mass is 336 g/mol. The molecule has 3 rings (SSSR count). The van der Waals surface area contributed by atoms with E-state index < -0.39 is 0 Å². The number of carbonyl (C=O) groups is 1. The lowest BCUT2D eigenvalue weighted by atomic mass is 9.46. The lowest BCUT2D eigenvalue weighted by Crippen LogP contribution is -2.54. The smallest absolute Gasteiger partial charge is 0.334 e. The van der Waals surface area contributed by atoms with E-state index in [2.05, 4.69) is 26.8 Å². The predicted octanol–water partition coefficient (Wildman–Crippen LogP) is 3.07. The Morgan fingerprint density at radius 2 is 2.08 bits per heavy atom. The molecule has 0 aromatic carbocycles. The van der Waals surface area contributed by atoms with E-state index >= 15 is 0 Å². The van der Waals surface area contributed by atoms with E-state index in [4.69, 9.17) is 4.74 Å². The number of esters is 1. The molecule has 24 heavy (non-hydrogen) atoms. The second-order valence-electron chi connectivity index (χ2n) is 8.67. The second kappa shape index (κ2) is 6.45. The van der Waals surface area contributed by atoms with Gasteiger partial charge < -0.3 is 14.9 Å². The molecule has 1 aliphatic heterocycles. The normalized spacial score (nSPS) is 42.3. The van der Waals surface area contributed by atoms with Crippen LogP contribution in [0.3, 0.4) is 0 Å². The van der Waals surface area contributed by atoms with Gasteiger partial charge in [0.05, 0.1) is 0 Å². The summed E-state index contributed by atoms with van der Waals surface area (Å²) in [6.07, 6.45) is 7.76. The molecule has 2 fully saturated rings. The van der Waals surface area contributed by atoms with Crippen LogP contribution in [0.2, 0.25) is 0 Å². The fourth-order valence-electron chi connectivity index (χ4n) is 5.80. The molecular formula is C20H32O4. The van der Waals surface area contributed by atoms with Crippen molar-refractivity contribution in [1.82, 2.24) is 0 Å². The summed E-state index contributed by atoms with van der Waals surface area (Å²) < 4.78 is 5.75. The highest BCUT2D eigenvalue weighted by atomic mass is 16.6. The molecule has 4 nitrogen and oxygen atoms in total. The fourth-order valence-corrected chi connectivity index (χ4v) is 5.80. The maximum Gasteiger partial charge on any atom is 0.334 e. The zero-order valence-corrected chi connectivity index (χ0v) is 15.3. The summed E-state index contributed by atoms with van der Waals surface area (Å²) in [5.41, 5.74) is 0.903. The molecule has 1 saturated carbocycles. The van der Waals surface area contributed by atoms with Crippen molar-refractivity contribution in [2.45, 2.75) is 65.4 Å². The minimum atomic E-state index is -0.151. The molecule has 0 spiro atoms. The second-order valence-corrected chi connectivity index (χ2v) is 8.67. The van der Waals surface area contributed by atoms with Crippen LogP contribution in [0.5, 0.6) is 0 Å². The molecule has 136 valence electrons.